The van der Waals surface area contributed by atoms with Gasteiger partial charge < -0.3 is 4.48 Å². The van der Waals surface area contributed by atoms with E-state index in [0.717, 1.165) is 11.1 Å². The first-order valence-corrected chi connectivity index (χ1v) is 7.05. The summed E-state index contributed by atoms with van der Waals surface area (Å²) in [5.41, 5.74) is 1.85. The molecule has 0 atom stereocenters. The lowest BCUT2D eigenvalue weighted by atomic mass is 10.1. The quantitative estimate of drug-likeness (QED) is 0.465. The first-order valence-electron chi connectivity index (χ1n) is 7.05. The van der Waals surface area contributed by atoms with Crippen LogP contribution in [-0.2, 0) is 13.1 Å². The first-order chi connectivity index (χ1) is 10.8. The number of hydrogen-bond acceptors (Lipinski definition) is 4. The molecule has 0 aromatic heterocycles. The molecule has 0 spiro atoms. The Morgan fingerprint density at radius 3 is 1.57 bits per heavy atom. The van der Waals surface area contributed by atoms with Crippen molar-refractivity contribution >= 4 is 11.4 Å². The lowest BCUT2D eigenvalue weighted by Crippen LogP contribution is -2.37. The van der Waals surface area contributed by atoms with E-state index in [-0.39, 0.29) is 11.4 Å². The molecular weight excluding hydrogens is 298 g/mol. The van der Waals surface area contributed by atoms with Crippen LogP contribution in [0.5, 0.6) is 0 Å². The third-order valence-corrected chi connectivity index (χ3v) is 3.46. The highest BCUT2D eigenvalue weighted by atomic mass is 16.6. The second-order valence-corrected chi connectivity index (χ2v) is 6.11. The van der Waals surface area contributed by atoms with Crippen molar-refractivity contribution < 1.29 is 14.3 Å². The van der Waals surface area contributed by atoms with Crippen molar-refractivity contribution in [1.29, 1.82) is 0 Å². The number of nitro benzene ring substituents is 2. The van der Waals surface area contributed by atoms with Crippen molar-refractivity contribution in [2.24, 2.45) is 0 Å². The molecule has 2 rings (SSSR count). The SMILES string of the molecule is C[N+](C)(Cc1cccc([N+](=O)[O-])c1)Cc1cccc([N+](=O)[O-])c1. The second-order valence-electron chi connectivity index (χ2n) is 6.11. The van der Waals surface area contributed by atoms with E-state index in [9.17, 15) is 20.2 Å². The maximum absolute atomic E-state index is 10.8. The molecule has 0 aliphatic rings. The third-order valence-electron chi connectivity index (χ3n) is 3.46. The summed E-state index contributed by atoms with van der Waals surface area (Å²) in [7, 11) is 3.97. The summed E-state index contributed by atoms with van der Waals surface area (Å²) in [4.78, 5) is 20.9. The summed E-state index contributed by atoms with van der Waals surface area (Å²) >= 11 is 0. The zero-order valence-electron chi connectivity index (χ0n) is 13.0. The van der Waals surface area contributed by atoms with Crippen LogP contribution >= 0.6 is 0 Å². The molecule has 23 heavy (non-hydrogen) atoms. The van der Waals surface area contributed by atoms with Gasteiger partial charge in [0.05, 0.1) is 23.9 Å². The molecule has 0 unspecified atom stereocenters. The summed E-state index contributed by atoms with van der Waals surface area (Å²) in [6.45, 7) is 1.18. The Morgan fingerprint density at radius 2 is 1.22 bits per heavy atom. The fourth-order valence-electron chi connectivity index (χ4n) is 2.58. The van der Waals surface area contributed by atoms with Gasteiger partial charge in [0.15, 0.2) is 0 Å². The molecule has 2 aromatic carbocycles. The molecular formula is C16H18N3O4+. The molecule has 0 saturated carbocycles. The van der Waals surface area contributed by atoms with E-state index in [4.69, 9.17) is 0 Å². The maximum Gasteiger partial charge on any atom is 0.269 e. The molecule has 7 nitrogen and oxygen atoms in total. The third kappa shape index (κ3) is 4.58. The summed E-state index contributed by atoms with van der Waals surface area (Å²) in [5, 5.41) is 21.7. The van der Waals surface area contributed by atoms with Crippen LogP contribution < -0.4 is 0 Å². The zero-order valence-corrected chi connectivity index (χ0v) is 13.0. The van der Waals surface area contributed by atoms with Gasteiger partial charge in [-0.1, -0.05) is 24.3 Å². The highest BCUT2D eigenvalue weighted by molar-refractivity contribution is 5.35. The Labute approximate surface area is 133 Å². The summed E-state index contributed by atoms with van der Waals surface area (Å²) < 4.78 is 0.530. The first kappa shape index (κ1) is 16.6. The largest absolute Gasteiger partial charge is 0.321 e. The Hall–Kier alpha value is -2.80. The van der Waals surface area contributed by atoms with Crippen molar-refractivity contribution in [2.45, 2.75) is 13.1 Å². The molecule has 0 aliphatic heterocycles. The van der Waals surface area contributed by atoms with Crippen molar-refractivity contribution in [2.75, 3.05) is 14.1 Å². The summed E-state index contributed by atoms with van der Waals surface area (Å²) in [6, 6.07) is 13.1. The number of hydrogen-bond donors (Lipinski definition) is 0. The predicted octanol–water partition coefficient (Wildman–Crippen LogP) is 3.28. The number of nitrogens with zero attached hydrogens (tertiary/aromatic N) is 3. The van der Waals surface area contributed by atoms with Gasteiger partial charge in [0.25, 0.3) is 11.4 Å². The van der Waals surface area contributed by atoms with Gasteiger partial charge in [-0.05, 0) is 0 Å². The fourth-order valence-corrected chi connectivity index (χ4v) is 2.58. The highest BCUT2D eigenvalue weighted by Gasteiger charge is 2.19. The lowest BCUT2D eigenvalue weighted by molar-refractivity contribution is -0.916. The van der Waals surface area contributed by atoms with Gasteiger partial charge in [0, 0.05) is 35.4 Å². The van der Waals surface area contributed by atoms with E-state index in [1.807, 2.05) is 26.2 Å². The molecule has 0 aliphatic carbocycles. The lowest BCUT2D eigenvalue weighted by Gasteiger charge is -2.30. The Balaban J connectivity index is 2.16. The molecule has 0 saturated heterocycles. The van der Waals surface area contributed by atoms with E-state index in [1.54, 1.807) is 24.3 Å². The van der Waals surface area contributed by atoms with Gasteiger partial charge in [-0.2, -0.15) is 0 Å². The van der Waals surface area contributed by atoms with Gasteiger partial charge in [0.2, 0.25) is 0 Å². The van der Waals surface area contributed by atoms with Gasteiger partial charge in [-0.3, -0.25) is 20.2 Å². The zero-order chi connectivity index (χ0) is 17.0. The van der Waals surface area contributed by atoms with Crippen molar-refractivity contribution in [3.8, 4) is 0 Å². The van der Waals surface area contributed by atoms with Crippen LogP contribution in [0.1, 0.15) is 11.1 Å². The maximum atomic E-state index is 10.8. The fraction of sp³-hybridized carbons (Fsp3) is 0.250. The molecule has 0 fully saturated rings. The average Bonchev–Trinajstić information content (AvgIpc) is 2.46. The standard InChI is InChI=1S/C16H18N3O4/c1-19(2,11-13-5-3-7-15(9-13)17(20)21)12-14-6-4-8-16(10-14)18(22)23/h3-10H,11-12H2,1-2H3/q+1. The van der Waals surface area contributed by atoms with E-state index in [1.165, 1.54) is 12.1 Å². The van der Waals surface area contributed by atoms with Gasteiger partial charge in [-0.15, -0.1) is 0 Å². The number of rotatable bonds is 6. The van der Waals surface area contributed by atoms with Crippen LogP contribution in [0.2, 0.25) is 0 Å². The van der Waals surface area contributed by atoms with Gasteiger partial charge >= 0.3 is 0 Å². The van der Waals surface area contributed by atoms with Crippen LogP contribution in [0, 0.1) is 20.2 Å². The Morgan fingerprint density at radius 1 is 0.826 bits per heavy atom. The summed E-state index contributed by atoms with van der Waals surface area (Å²) in [5.74, 6) is 0. The van der Waals surface area contributed by atoms with Crippen molar-refractivity contribution in [3.63, 3.8) is 0 Å². The molecule has 0 N–H and O–H groups in total. The van der Waals surface area contributed by atoms with Gasteiger partial charge in [-0.25, -0.2) is 0 Å². The van der Waals surface area contributed by atoms with Crippen LogP contribution in [0.4, 0.5) is 11.4 Å². The van der Waals surface area contributed by atoms with Crippen LogP contribution in [0.25, 0.3) is 0 Å². The second kappa shape index (κ2) is 6.53. The molecule has 0 amide bonds. The summed E-state index contributed by atoms with van der Waals surface area (Å²) in [6.07, 6.45) is 0. The van der Waals surface area contributed by atoms with E-state index < -0.39 is 9.85 Å². The van der Waals surface area contributed by atoms with Crippen LogP contribution in [-0.4, -0.2) is 28.4 Å². The number of non-ortho nitro benzene ring substituents is 2. The van der Waals surface area contributed by atoms with E-state index >= 15 is 0 Å². The van der Waals surface area contributed by atoms with Crippen LogP contribution in [0.15, 0.2) is 48.5 Å². The number of benzene rings is 2. The smallest absolute Gasteiger partial charge is 0.269 e. The Kier molecular flexibility index (Phi) is 4.71. The minimum atomic E-state index is -0.413. The molecule has 0 radical (unpaired) electrons. The monoisotopic (exact) mass is 316 g/mol. The molecule has 0 bridgehead atoms. The molecule has 7 heteroatoms. The van der Waals surface area contributed by atoms with E-state index in [2.05, 4.69) is 0 Å². The Bertz CT molecular complexity index is 682. The average molecular weight is 316 g/mol. The number of nitro groups is 2. The normalized spacial score (nSPS) is 11.2. The minimum Gasteiger partial charge on any atom is -0.321 e. The predicted molar refractivity (Wildman–Crippen MR) is 85.7 cm³/mol. The minimum absolute atomic E-state index is 0.0675. The van der Waals surface area contributed by atoms with Crippen molar-refractivity contribution in [3.05, 3.63) is 79.9 Å². The highest BCUT2D eigenvalue weighted by Crippen LogP contribution is 2.20. The van der Waals surface area contributed by atoms with Crippen molar-refractivity contribution in [1.82, 2.24) is 0 Å². The topological polar surface area (TPSA) is 86.3 Å². The van der Waals surface area contributed by atoms with E-state index in [0.29, 0.717) is 17.6 Å². The van der Waals surface area contributed by atoms with Crippen LogP contribution in [0.3, 0.4) is 0 Å². The molecule has 120 valence electrons. The number of quaternary nitrogens is 1. The van der Waals surface area contributed by atoms with Gasteiger partial charge in [0.1, 0.15) is 13.1 Å². The molecule has 0 heterocycles. The molecule has 2 aromatic rings.